The number of amidine groups is 1. The second-order valence-corrected chi connectivity index (χ2v) is 11.1. The summed E-state index contributed by atoms with van der Waals surface area (Å²) < 4.78 is 6.48. The molecule has 1 amide bonds. The third-order valence-electron chi connectivity index (χ3n) is 6.58. The van der Waals surface area contributed by atoms with E-state index in [0.717, 1.165) is 30.8 Å². The van der Waals surface area contributed by atoms with Gasteiger partial charge in [-0.1, -0.05) is 52.4 Å². The third-order valence-corrected chi connectivity index (χ3v) is 7.55. The third kappa shape index (κ3) is 3.65. The van der Waals surface area contributed by atoms with Crippen LogP contribution < -0.4 is 15.8 Å². The largest absolute Gasteiger partial charge is 0.490 e. The summed E-state index contributed by atoms with van der Waals surface area (Å²) in [5.74, 6) is 2.56. The Morgan fingerprint density at radius 2 is 2.10 bits per heavy atom. The number of ether oxygens (including phenoxy) is 1. The number of aliphatic imine (C=N–C) groups is 1. The van der Waals surface area contributed by atoms with Crippen LogP contribution >= 0.6 is 11.8 Å². The fourth-order valence-electron chi connectivity index (χ4n) is 4.80. The van der Waals surface area contributed by atoms with Crippen LogP contribution in [-0.4, -0.2) is 29.0 Å². The standard InChI is InChI=1S/C23H33N3O2S/c1-13(2)14-6-8-18-16(10-14)23(12-29-21(24)26-23)17-11-15(7-9-19(17)28-18)25-20(27)22(3,4)5/h6,8,10,13,15,17,19H,7,9,11-12H2,1-5H3,(H2,24,26)(H,25,27)/t15-,17-,19-,23-/m0/s1. The van der Waals surface area contributed by atoms with Crippen molar-refractivity contribution in [3.63, 3.8) is 0 Å². The summed E-state index contributed by atoms with van der Waals surface area (Å²) in [7, 11) is 0. The van der Waals surface area contributed by atoms with Crippen molar-refractivity contribution >= 4 is 22.8 Å². The molecule has 2 aliphatic heterocycles. The zero-order valence-electron chi connectivity index (χ0n) is 18.1. The average Bonchev–Trinajstić information content (AvgIpc) is 3.04. The Kier molecular flexibility index (Phi) is 5.12. The van der Waals surface area contributed by atoms with Gasteiger partial charge >= 0.3 is 0 Å². The molecule has 1 spiro atoms. The molecule has 0 bridgehead atoms. The molecule has 3 N–H and O–H groups in total. The Balaban J connectivity index is 1.70. The molecule has 0 unspecified atom stereocenters. The first-order valence-electron chi connectivity index (χ1n) is 10.7. The highest BCUT2D eigenvalue weighted by molar-refractivity contribution is 8.14. The van der Waals surface area contributed by atoms with Crippen molar-refractivity contribution in [1.29, 1.82) is 0 Å². The number of carbonyl (C=O) groups is 1. The van der Waals surface area contributed by atoms with Gasteiger partial charge < -0.3 is 15.8 Å². The van der Waals surface area contributed by atoms with Gasteiger partial charge in [-0.25, -0.2) is 4.99 Å². The Morgan fingerprint density at radius 1 is 1.34 bits per heavy atom. The zero-order chi connectivity index (χ0) is 21.0. The molecule has 0 aromatic heterocycles. The van der Waals surface area contributed by atoms with Gasteiger partial charge in [-0.2, -0.15) is 0 Å². The summed E-state index contributed by atoms with van der Waals surface area (Å²) >= 11 is 1.64. The fraction of sp³-hybridized carbons (Fsp3) is 0.652. The topological polar surface area (TPSA) is 76.7 Å². The van der Waals surface area contributed by atoms with Crippen molar-refractivity contribution < 1.29 is 9.53 Å². The molecule has 6 heteroatoms. The second-order valence-electron chi connectivity index (χ2n) is 10.1. The highest BCUT2D eigenvalue weighted by Crippen LogP contribution is 2.54. The van der Waals surface area contributed by atoms with Gasteiger partial charge in [-0.15, -0.1) is 0 Å². The molecule has 2 heterocycles. The molecule has 1 aromatic carbocycles. The maximum atomic E-state index is 12.6. The van der Waals surface area contributed by atoms with Crippen molar-refractivity contribution in [3.05, 3.63) is 29.3 Å². The Labute approximate surface area is 178 Å². The van der Waals surface area contributed by atoms with Gasteiger partial charge in [0.2, 0.25) is 5.91 Å². The molecule has 5 nitrogen and oxygen atoms in total. The van der Waals surface area contributed by atoms with Gasteiger partial charge in [0.25, 0.3) is 0 Å². The maximum absolute atomic E-state index is 12.6. The molecule has 29 heavy (non-hydrogen) atoms. The predicted molar refractivity (Wildman–Crippen MR) is 119 cm³/mol. The first kappa shape index (κ1) is 20.6. The van der Waals surface area contributed by atoms with Gasteiger partial charge in [0.15, 0.2) is 5.17 Å². The van der Waals surface area contributed by atoms with Gasteiger partial charge in [0.1, 0.15) is 17.4 Å². The number of benzene rings is 1. The molecule has 1 fully saturated rings. The number of hydrogen-bond donors (Lipinski definition) is 2. The lowest BCUT2D eigenvalue weighted by Crippen LogP contribution is -2.55. The van der Waals surface area contributed by atoms with E-state index < -0.39 is 0 Å². The van der Waals surface area contributed by atoms with Crippen molar-refractivity contribution in [2.75, 3.05) is 5.75 Å². The van der Waals surface area contributed by atoms with Crippen LogP contribution in [-0.2, 0) is 10.3 Å². The van der Waals surface area contributed by atoms with E-state index in [4.69, 9.17) is 15.5 Å². The van der Waals surface area contributed by atoms with E-state index in [0.29, 0.717) is 11.1 Å². The molecule has 3 aliphatic rings. The number of fused-ring (bicyclic) bond motifs is 4. The quantitative estimate of drug-likeness (QED) is 0.760. The Morgan fingerprint density at radius 3 is 2.72 bits per heavy atom. The Hall–Kier alpha value is -1.69. The molecule has 1 aliphatic carbocycles. The minimum Gasteiger partial charge on any atom is -0.490 e. The van der Waals surface area contributed by atoms with Crippen LogP contribution in [0.4, 0.5) is 0 Å². The minimum absolute atomic E-state index is 0.109. The lowest BCUT2D eigenvalue weighted by molar-refractivity contribution is -0.130. The van der Waals surface area contributed by atoms with E-state index in [1.807, 2.05) is 20.8 Å². The lowest BCUT2D eigenvalue weighted by atomic mass is 9.67. The fourth-order valence-corrected chi connectivity index (χ4v) is 5.83. The van der Waals surface area contributed by atoms with Crippen LogP contribution in [0.3, 0.4) is 0 Å². The summed E-state index contributed by atoms with van der Waals surface area (Å²) in [6.45, 7) is 10.3. The number of carbonyl (C=O) groups excluding carboxylic acids is 1. The number of nitrogens with one attached hydrogen (secondary N) is 1. The van der Waals surface area contributed by atoms with Crippen LogP contribution in [0.5, 0.6) is 5.75 Å². The van der Waals surface area contributed by atoms with Crippen molar-refractivity contribution in [2.45, 2.75) is 77.5 Å². The monoisotopic (exact) mass is 415 g/mol. The maximum Gasteiger partial charge on any atom is 0.225 e. The molecule has 158 valence electrons. The summed E-state index contributed by atoms with van der Waals surface area (Å²) in [4.78, 5) is 17.6. The molecular formula is C23H33N3O2S. The summed E-state index contributed by atoms with van der Waals surface area (Å²) in [5.41, 5.74) is 7.91. The molecule has 4 atom stereocenters. The smallest absolute Gasteiger partial charge is 0.225 e. The number of thioether (sulfide) groups is 1. The van der Waals surface area contributed by atoms with Crippen molar-refractivity contribution in [3.8, 4) is 5.75 Å². The van der Waals surface area contributed by atoms with Crippen LogP contribution in [0.15, 0.2) is 23.2 Å². The van der Waals surface area contributed by atoms with Gasteiger partial charge in [-0.3, -0.25) is 4.79 Å². The predicted octanol–water partition coefficient (Wildman–Crippen LogP) is 4.16. The summed E-state index contributed by atoms with van der Waals surface area (Å²) in [5, 5.41) is 3.94. The number of rotatable bonds is 2. The Bertz CT molecular complexity index is 845. The van der Waals surface area contributed by atoms with Crippen LogP contribution in [0.2, 0.25) is 0 Å². The summed E-state index contributed by atoms with van der Waals surface area (Å²) in [6, 6.07) is 6.71. The zero-order valence-corrected chi connectivity index (χ0v) is 18.9. The number of nitrogens with zero attached hydrogens (tertiary/aromatic N) is 1. The highest BCUT2D eigenvalue weighted by atomic mass is 32.2. The van der Waals surface area contributed by atoms with Crippen molar-refractivity contribution in [1.82, 2.24) is 5.32 Å². The van der Waals surface area contributed by atoms with Gasteiger partial charge in [0.05, 0.1) is 0 Å². The lowest BCUT2D eigenvalue weighted by Gasteiger charge is -2.49. The summed E-state index contributed by atoms with van der Waals surface area (Å²) in [6.07, 6.45) is 2.85. The van der Waals surface area contributed by atoms with E-state index >= 15 is 0 Å². The number of hydrogen-bond acceptors (Lipinski definition) is 5. The first-order chi connectivity index (χ1) is 13.6. The van der Waals surface area contributed by atoms with Crippen LogP contribution in [0.25, 0.3) is 0 Å². The minimum atomic E-state index is -0.387. The van der Waals surface area contributed by atoms with Crippen molar-refractivity contribution in [2.24, 2.45) is 22.1 Å². The average molecular weight is 416 g/mol. The van der Waals surface area contributed by atoms with Crippen LogP contribution in [0, 0.1) is 11.3 Å². The van der Waals surface area contributed by atoms with Gasteiger partial charge in [-0.05, 0) is 42.9 Å². The van der Waals surface area contributed by atoms with Crippen LogP contribution in [0.1, 0.15) is 70.9 Å². The van der Waals surface area contributed by atoms with E-state index in [2.05, 4.69) is 37.4 Å². The van der Waals surface area contributed by atoms with Gasteiger partial charge in [0, 0.05) is 28.7 Å². The molecule has 0 radical (unpaired) electrons. The molecule has 1 aromatic rings. The molecular weight excluding hydrogens is 382 g/mol. The second kappa shape index (κ2) is 7.22. The highest BCUT2D eigenvalue weighted by Gasteiger charge is 2.54. The van der Waals surface area contributed by atoms with E-state index in [1.54, 1.807) is 11.8 Å². The number of amides is 1. The van der Waals surface area contributed by atoms with E-state index in [-0.39, 0.29) is 34.9 Å². The normalized spacial score (nSPS) is 31.1. The molecule has 0 saturated heterocycles. The van der Waals surface area contributed by atoms with E-state index in [1.165, 1.54) is 11.1 Å². The SMILES string of the molecule is CC(C)c1ccc2c(c1)[C@@]1(CSC(N)=N1)[C@H]1C[C@@H](NC(=O)C(C)(C)C)CC[C@@H]1O2. The van der Waals surface area contributed by atoms with E-state index in [9.17, 15) is 4.79 Å². The molecule has 4 rings (SSSR count). The molecule has 1 saturated carbocycles. The first-order valence-corrected chi connectivity index (χ1v) is 11.7. The number of nitrogens with two attached hydrogens (primary N) is 1.